The van der Waals surface area contributed by atoms with Gasteiger partial charge in [-0.25, -0.2) is 0 Å². The Kier molecular flexibility index (Phi) is 8.65. The molecule has 0 bridgehead atoms. The summed E-state index contributed by atoms with van der Waals surface area (Å²) in [6.45, 7) is 6.26. The number of aliphatic hydroxyl groups is 1. The zero-order valence-electron chi connectivity index (χ0n) is 20.0. The van der Waals surface area contributed by atoms with Gasteiger partial charge in [0.1, 0.15) is 6.61 Å². The molecule has 2 aromatic rings. The van der Waals surface area contributed by atoms with Gasteiger partial charge in [-0.05, 0) is 36.8 Å². The minimum Gasteiger partial charge on any atom is -0.493 e. The first-order chi connectivity index (χ1) is 16.2. The van der Waals surface area contributed by atoms with Crippen molar-refractivity contribution in [1.82, 2.24) is 4.90 Å². The number of hydrogen-bond donors (Lipinski definition) is 1. The fraction of sp³-hybridized carbons (Fsp3) is 0.407. The van der Waals surface area contributed by atoms with Crippen LogP contribution in [-0.4, -0.2) is 59.7 Å². The quantitative estimate of drug-likeness (QED) is 0.608. The van der Waals surface area contributed by atoms with E-state index < -0.39 is 11.5 Å². The van der Waals surface area contributed by atoms with Crippen LogP contribution in [0.4, 0.5) is 0 Å². The minimum atomic E-state index is -0.640. The zero-order chi connectivity index (χ0) is 24.7. The SMILES string of the molecule is COc1ccc([C@@H]2CN(C(=O)CSC(C)=O)C[C@@]2(C)[C@@H](C)O)cc1OCC#Cc1ccccc1. The highest BCUT2D eigenvalue weighted by molar-refractivity contribution is 8.14. The topological polar surface area (TPSA) is 76.1 Å². The van der Waals surface area contributed by atoms with E-state index in [1.165, 1.54) is 6.92 Å². The van der Waals surface area contributed by atoms with E-state index in [-0.39, 0.29) is 29.3 Å². The van der Waals surface area contributed by atoms with Crippen LogP contribution in [0.2, 0.25) is 0 Å². The Morgan fingerprint density at radius 3 is 2.62 bits per heavy atom. The second kappa shape index (κ2) is 11.5. The van der Waals surface area contributed by atoms with Crippen LogP contribution in [0.1, 0.15) is 37.8 Å². The van der Waals surface area contributed by atoms with Crippen molar-refractivity contribution in [2.45, 2.75) is 32.8 Å². The molecule has 3 rings (SSSR count). The number of likely N-dealkylation sites (tertiary alicyclic amines) is 1. The Hall–Kier alpha value is -2.95. The van der Waals surface area contributed by atoms with Gasteiger partial charge in [-0.15, -0.1) is 0 Å². The van der Waals surface area contributed by atoms with Crippen molar-refractivity contribution in [2.75, 3.05) is 32.6 Å². The summed E-state index contributed by atoms with van der Waals surface area (Å²) in [5, 5.41) is 10.6. The highest BCUT2D eigenvalue weighted by atomic mass is 32.2. The van der Waals surface area contributed by atoms with Crippen LogP contribution in [0.5, 0.6) is 11.5 Å². The molecule has 1 amide bonds. The van der Waals surface area contributed by atoms with Gasteiger partial charge in [0, 0.05) is 36.9 Å². The smallest absolute Gasteiger partial charge is 0.233 e. The molecule has 0 aliphatic carbocycles. The maximum Gasteiger partial charge on any atom is 0.233 e. The highest BCUT2D eigenvalue weighted by Gasteiger charge is 2.48. The summed E-state index contributed by atoms with van der Waals surface area (Å²) in [7, 11) is 1.58. The molecule has 7 heteroatoms. The van der Waals surface area contributed by atoms with Crippen LogP contribution in [0.15, 0.2) is 48.5 Å². The van der Waals surface area contributed by atoms with Gasteiger partial charge in [0.25, 0.3) is 0 Å². The number of thioether (sulfide) groups is 1. The molecule has 1 aliphatic heterocycles. The number of carbonyl (C=O) groups excluding carboxylic acids is 2. The van der Waals surface area contributed by atoms with E-state index in [4.69, 9.17) is 9.47 Å². The molecule has 1 N–H and O–H groups in total. The molecule has 6 nitrogen and oxygen atoms in total. The zero-order valence-corrected chi connectivity index (χ0v) is 20.9. The Bertz CT molecular complexity index is 1080. The minimum absolute atomic E-state index is 0.0882. The van der Waals surface area contributed by atoms with E-state index >= 15 is 0 Å². The Morgan fingerprint density at radius 1 is 1.24 bits per heavy atom. The molecular weight excluding hydrogens is 450 g/mol. The van der Waals surface area contributed by atoms with Gasteiger partial charge in [0.2, 0.25) is 5.91 Å². The van der Waals surface area contributed by atoms with Gasteiger partial charge in [0.15, 0.2) is 16.6 Å². The molecule has 3 atom stereocenters. The lowest BCUT2D eigenvalue weighted by molar-refractivity contribution is -0.128. The number of methoxy groups -OCH3 is 1. The van der Waals surface area contributed by atoms with Crippen LogP contribution in [0, 0.1) is 17.3 Å². The highest BCUT2D eigenvalue weighted by Crippen LogP contribution is 2.47. The molecule has 1 heterocycles. The summed E-state index contributed by atoms with van der Waals surface area (Å²) < 4.78 is 11.4. The summed E-state index contributed by atoms with van der Waals surface area (Å²) in [5.41, 5.74) is 1.32. The molecule has 0 spiro atoms. The Morgan fingerprint density at radius 2 is 1.97 bits per heavy atom. The van der Waals surface area contributed by atoms with Crippen molar-refractivity contribution < 1.29 is 24.2 Å². The lowest BCUT2D eigenvalue weighted by Gasteiger charge is -2.33. The van der Waals surface area contributed by atoms with Crippen LogP contribution < -0.4 is 9.47 Å². The van der Waals surface area contributed by atoms with Gasteiger partial charge in [-0.1, -0.05) is 54.8 Å². The van der Waals surface area contributed by atoms with E-state index in [0.29, 0.717) is 24.6 Å². The molecule has 34 heavy (non-hydrogen) atoms. The van der Waals surface area contributed by atoms with Crippen LogP contribution >= 0.6 is 11.8 Å². The van der Waals surface area contributed by atoms with Crippen molar-refractivity contribution in [3.63, 3.8) is 0 Å². The summed E-state index contributed by atoms with van der Waals surface area (Å²) in [6, 6.07) is 15.4. The number of rotatable bonds is 7. The average molecular weight is 482 g/mol. The second-order valence-corrected chi connectivity index (χ2v) is 9.81. The van der Waals surface area contributed by atoms with Crippen molar-refractivity contribution in [3.8, 4) is 23.3 Å². The first-order valence-electron chi connectivity index (χ1n) is 11.2. The van der Waals surface area contributed by atoms with Crippen LogP contribution in [0.25, 0.3) is 0 Å². The maximum absolute atomic E-state index is 12.7. The van der Waals surface area contributed by atoms with Gasteiger partial charge in [0.05, 0.1) is 19.0 Å². The molecule has 1 aliphatic rings. The van der Waals surface area contributed by atoms with E-state index in [2.05, 4.69) is 11.8 Å². The summed E-state index contributed by atoms with van der Waals surface area (Å²) in [6.07, 6.45) is -0.640. The number of amides is 1. The van der Waals surface area contributed by atoms with Crippen LogP contribution in [-0.2, 0) is 9.59 Å². The maximum atomic E-state index is 12.7. The van der Waals surface area contributed by atoms with Gasteiger partial charge in [-0.3, -0.25) is 9.59 Å². The first kappa shape index (κ1) is 25.7. The third-order valence-corrected chi connectivity index (χ3v) is 7.13. The number of nitrogens with zero attached hydrogens (tertiary/aromatic N) is 1. The molecular formula is C27H31NO5S. The number of ether oxygens (including phenoxy) is 2. The van der Waals surface area contributed by atoms with Gasteiger partial charge < -0.3 is 19.5 Å². The second-order valence-electron chi connectivity index (χ2n) is 8.66. The molecule has 2 aromatic carbocycles. The molecule has 0 unspecified atom stereocenters. The molecule has 0 radical (unpaired) electrons. The third-order valence-electron chi connectivity index (χ3n) is 6.33. The predicted octanol–water partition coefficient (Wildman–Crippen LogP) is 3.72. The molecule has 0 aromatic heterocycles. The molecule has 180 valence electrons. The number of aliphatic hydroxyl groups excluding tert-OH is 1. The average Bonchev–Trinajstić information content (AvgIpc) is 3.20. The van der Waals surface area contributed by atoms with E-state index in [1.807, 2.05) is 55.5 Å². The summed E-state index contributed by atoms with van der Waals surface area (Å²) in [5.74, 6) is 7.14. The monoisotopic (exact) mass is 481 g/mol. The Labute approximate surface area is 205 Å². The predicted molar refractivity (Wildman–Crippen MR) is 134 cm³/mol. The third kappa shape index (κ3) is 6.13. The van der Waals surface area contributed by atoms with E-state index in [0.717, 1.165) is 22.9 Å². The van der Waals surface area contributed by atoms with Crippen molar-refractivity contribution in [3.05, 3.63) is 59.7 Å². The summed E-state index contributed by atoms with van der Waals surface area (Å²) in [4.78, 5) is 25.7. The molecule has 1 fully saturated rings. The van der Waals surface area contributed by atoms with Gasteiger partial charge in [-0.2, -0.15) is 0 Å². The van der Waals surface area contributed by atoms with Crippen molar-refractivity contribution in [1.29, 1.82) is 0 Å². The van der Waals surface area contributed by atoms with Crippen molar-refractivity contribution in [2.24, 2.45) is 5.41 Å². The largest absolute Gasteiger partial charge is 0.493 e. The van der Waals surface area contributed by atoms with E-state index in [1.54, 1.807) is 18.9 Å². The van der Waals surface area contributed by atoms with Crippen LogP contribution in [0.3, 0.4) is 0 Å². The summed E-state index contributed by atoms with van der Waals surface area (Å²) >= 11 is 1.01. The first-order valence-corrected chi connectivity index (χ1v) is 12.2. The Balaban J connectivity index is 1.80. The van der Waals surface area contributed by atoms with Gasteiger partial charge >= 0.3 is 0 Å². The normalized spacial score (nSPS) is 20.3. The fourth-order valence-corrected chi connectivity index (χ4v) is 4.67. The van der Waals surface area contributed by atoms with E-state index in [9.17, 15) is 14.7 Å². The fourth-order valence-electron chi connectivity index (χ4n) is 4.17. The number of carbonyl (C=O) groups is 2. The number of benzene rings is 2. The molecule has 0 saturated carbocycles. The lowest BCUT2D eigenvalue weighted by atomic mass is 9.72. The molecule has 1 saturated heterocycles. The lowest BCUT2D eigenvalue weighted by Crippen LogP contribution is -2.38. The van der Waals surface area contributed by atoms with Crippen molar-refractivity contribution >= 4 is 22.8 Å². The number of hydrogen-bond acceptors (Lipinski definition) is 6. The standard InChI is InChI=1S/C27H31NO5S/c1-19(29)27(3)18-28(26(31)17-34-20(2)30)16-23(27)22-12-13-24(32-4)25(15-22)33-14-8-11-21-9-6-5-7-10-21/h5-7,9-10,12-13,15,19,23,29H,14,16-18H2,1-4H3/t19-,23+,27+/m1/s1.